The lowest BCUT2D eigenvalue weighted by molar-refractivity contribution is -0.715. The van der Waals surface area contributed by atoms with Gasteiger partial charge in [0.15, 0.2) is 0 Å². The molecule has 0 bridgehead atoms. The van der Waals surface area contributed by atoms with E-state index in [1.54, 1.807) is 12.1 Å². The fraction of sp³-hybridized carbons (Fsp3) is 0. The Hall–Kier alpha value is -1.95. The molecule has 0 aliphatic carbocycles. The van der Waals surface area contributed by atoms with E-state index in [2.05, 4.69) is 4.98 Å². The highest BCUT2D eigenvalue weighted by atomic mass is 16.8. The van der Waals surface area contributed by atoms with Gasteiger partial charge in [0.2, 0.25) is 5.88 Å². The maximum atomic E-state index is 10.5. The van der Waals surface area contributed by atoms with Crippen molar-refractivity contribution in [1.29, 1.82) is 0 Å². The number of nitrogens with one attached hydrogen (secondary N) is 1. The first kappa shape index (κ1) is 10.6. The summed E-state index contributed by atoms with van der Waals surface area (Å²) in [4.78, 5) is 3.85. The minimum absolute atomic E-state index is 0.0282. The Labute approximate surface area is 92.1 Å². The highest BCUT2D eigenvalue weighted by Gasteiger charge is 1.99. The molecule has 1 heterocycles. The molecule has 2 rings (SSSR count). The molecule has 0 spiro atoms. The summed E-state index contributed by atoms with van der Waals surface area (Å²) in [6.07, 6.45) is 1.20. The lowest BCUT2D eigenvalue weighted by atomic mass is 10.3. The molecule has 2 aromatic rings. The van der Waals surface area contributed by atoms with E-state index in [4.69, 9.17) is 4.74 Å². The van der Waals surface area contributed by atoms with Crippen LogP contribution in [0.4, 0.5) is 5.69 Å². The van der Waals surface area contributed by atoms with Crippen LogP contribution in [0.2, 0.25) is 0 Å². The number of quaternary nitrogens is 1. The predicted octanol–water partition coefficient (Wildman–Crippen LogP) is 1.39. The minimum atomic E-state index is -1.25. The van der Waals surface area contributed by atoms with E-state index in [1.807, 2.05) is 18.2 Å². The van der Waals surface area contributed by atoms with Crippen LogP contribution in [-0.4, -0.2) is 4.98 Å². The number of hydrogen-bond acceptors (Lipinski definition) is 4. The van der Waals surface area contributed by atoms with Crippen molar-refractivity contribution in [3.8, 4) is 11.6 Å². The van der Waals surface area contributed by atoms with Crippen molar-refractivity contribution in [3.05, 3.63) is 59.1 Å². The number of nitrogens with zero attached hydrogens (tertiary/aromatic N) is 1. The van der Waals surface area contributed by atoms with Crippen molar-refractivity contribution in [1.82, 2.24) is 4.98 Å². The van der Waals surface area contributed by atoms with Gasteiger partial charge in [0.25, 0.3) is 0 Å². The number of para-hydroxylation sites is 1. The van der Waals surface area contributed by atoms with Crippen molar-refractivity contribution in [2.24, 2.45) is 0 Å². The summed E-state index contributed by atoms with van der Waals surface area (Å²) < 4.78 is 5.39. The van der Waals surface area contributed by atoms with E-state index in [9.17, 15) is 10.4 Å². The molecule has 5 nitrogen and oxygen atoms in total. The zero-order valence-electron chi connectivity index (χ0n) is 8.29. The van der Waals surface area contributed by atoms with E-state index < -0.39 is 5.23 Å². The quantitative estimate of drug-likeness (QED) is 0.788. The summed E-state index contributed by atoms with van der Waals surface area (Å²) in [5.41, 5.74) is 0.0282. The standard InChI is InChI=1S/C11H9N2O3/c14-13(15)9-6-7-11(12-8-9)16-10-4-2-1-3-5-10/h1-8,13H/q-1. The van der Waals surface area contributed by atoms with Crippen molar-refractivity contribution in [2.45, 2.75) is 0 Å². The van der Waals surface area contributed by atoms with Crippen LogP contribution in [0.1, 0.15) is 0 Å². The average molecular weight is 217 g/mol. The summed E-state index contributed by atoms with van der Waals surface area (Å²) in [7, 11) is 0. The Balaban J connectivity index is 2.11. The number of ether oxygens (including phenoxy) is 1. The number of aromatic nitrogens is 1. The van der Waals surface area contributed by atoms with Gasteiger partial charge >= 0.3 is 0 Å². The van der Waals surface area contributed by atoms with Gasteiger partial charge in [-0.05, 0) is 12.1 Å². The van der Waals surface area contributed by atoms with Crippen molar-refractivity contribution < 1.29 is 9.96 Å². The number of hydrogen-bond donors (Lipinski definition) is 1. The monoisotopic (exact) mass is 217 g/mol. The van der Waals surface area contributed by atoms with E-state index in [1.165, 1.54) is 18.3 Å². The third kappa shape index (κ3) is 2.54. The molecule has 0 fully saturated rings. The van der Waals surface area contributed by atoms with Crippen LogP contribution in [0.3, 0.4) is 0 Å². The highest BCUT2D eigenvalue weighted by molar-refractivity contribution is 5.32. The van der Waals surface area contributed by atoms with E-state index >= 15 is 0 Å². The Morgan fingerprint density at radius 1 is 1.00 bits per heavy atom. The van der Waals surface area contributed by atoms with Crippen molar-refractivity contribution in [3.63, 3.8) is 0 Å². The van der Waals surface area contributed by atoms with Crippen LogP contribution in [0.15, 0.2) is 48.7 Å². The van der Waals surface area contributed by atoms with E-state index in [-0.39, 0.29) is 5.69 Å². The van der Waals surface area contributed by atoms with E-state index in [0.717, 1.165) is 0 Å². The topological polar surface area (TPSA) is 72.7 Å². The lowest BCUT2D eigenvalue weighted by Gasteiger charge is -2.23. The zero-order valence-corrected chi connectivity index (χ0v) is 8.29. The second kappa shape index (κ2) is 4.71. The molecular weight excluding hydrogens is 208 g/mol. The third-order valence-electron chi connectivity index (χ3n) is 1.94. The fourth-order valence-corrected chi connectivity index (χ4v) is 1.17. The maximum Gasteiger partial charge on any atom is 0.219 e. The molecule has 1 aromatic heterocycles. The van der Waals surface area contributed by atoms with E-state index in [0.29, 0.717) is 11.6 Å². The van der Waals surface area contributed by atoms with Crippen LogP contribution < -0.4 is 9.96 Å². The average Bonchev–Trinajstić information content (AvgIpc) is 2.31. The fourth-order valence-electron chi connectivity index (χ4n) is 1.17. The van der Waals surface area contributed by atoms with Crippen LogP contribution in [0.5, 0.6) is 11.6 Å². The Morgan fingerprint density at radius 3 is 2.31 bits per heavy atom. The molecule has 82 valence electrons. The van der Waals surface area contributed by atoms with Gasteiger partial charge in [-0.2, -0.15) is 0 Å². The van der Waals surface area contributed by atoms with Crippen LogP contribution in [0, 0.1) is 10.4 Å². The zero-order chi connectivity index (χ0) is 11.4. The first-order chi connectivity index (χ1) is 7.75. The van der Waals surface area contributed by atoms with Gasteiger partial charge in [0.05, 0.1) is 6.20 Å². The number of rotatable bonds is 3. The smallest absolute Gasteiger partial charge is 0.219 e. The van der Waals surface area contributed by atoms with Crippen molar-refractivity contribution in [2.75, 3.05) is 0 Å². The molecule has 0 unspecified atom stereocenters. The largest absolute Gasteiger partial charge is 0.628 e. The Bertz CT molecular complexity index is 443. The second-order valence-corrected chi connectivity index (χ2v) is 3.09. The Morgan fingerprint density at radius 2 is 1.75 bits per heavy atom. The first-order valence-electron chi connectivity index (χ1n) is 4.66. The molecule has 0 saturated carbocycles. The lowest BCUT2D eigenvalue weighted by Crippen LogP contribution is -2.96. The molecule has 0 aliphatic rings. The summed E-state index contributed by atoms with van der Waals surface area (Å²) in [5, 5.41) is 19.7. The SMILES string of the molecule is [O-][NH+]([O-])c1ccc(Oc2ccccc2)nc1. The van der Waals surface area contributed by atoms with Crippen LogP contribution >= 0.6 is 0 Å². The second-order valence-electron chi connectivity index (χ2n) is 3.09. The number of pyridine rings is 1. The normalized spacial score (nSPS) is 10.4. The Kier molecular flexibility index (Phi) is 3.11. The highest BCUT2D eigenvalue weighted by Crippen LogP contribution is 2.18. The van der Waals surface area contributed by atoms with Gasteiger partial charge < -0.3 is 20.4 Å². The molecule has 0 aliphatic heterocycles. The molecule has 16 heavy (non-hydrogen) atoms. The molecule has 1 aromatic carbocycles. The molecular formula is C11H9N2O3-. The van der Waals surface area contributed by atoms with Crippen LogP contribution in [0.25, 0.3) is 0 Å². The maximum absolute atomic E-state index is 10.5. The van der Waals surface area contributed by atoms with Crippen LogP contribution in [-0.2, 0) is 0 Å². The summed E-state index contributed by atoms with van der Waals surface area (Å²) in [6, 6.07) is 12.0. The molecule has 0 radical (unpaired) electrons. The van der Waals surface area contributed by atoms with Gasteiger partial charge in [-0.15, -0.1) is 0 Å². The predicted molar refractivity (Wildman–Crippen MR) is 58.1 cm³/mol. The van der Waals surface area contributed by atoms with Gasteiger partial charge in [-0.1, -0.05) is 18.2 Å². The third-order valence-corrected chi connectivity index (χ3v) is 1.94. The van der Waals surface area contributed by atoms with Gasteiger partial charge in [-0.3, -0.25) is 0 Å². The van der Waals surface area contributed by atoms with Gasteiger partial charge in [0.1, 0.15) is 11.4 Å². The van der Waals surface area contributed by atoms with Crippen molar-refractivity contribution >= 4 is 5.69 Å². The summed E-state index contributed by atoms with van der Waals surface area (Å²) in [6.45, 7) is 0. The van der Waals surface area contributed by atoms with Gasteiger partial charge in [0, 0.05) is 12.1 Å². The summed E-state index contributed by atoms with van der Waals surface area (Å²) >= 11 is 0. The first-order valence-corrected chi connectivity index (χ1v) is 4.66. The molecule has 0 saturated heterocycles. The molecule has 1 N–H and O–H groups in total. The molecule has 5 heteroatoms. The minimum Gasteiger partial charge on any atom is -0.628 e. The molecule has 0 amide bonds. The van der Waals surface area contributed by atoms with Gasteiger partial charge in [-0.25, -0.2) is 4.98 Å². The summed E-state index contributed by atoms with van der Waals surface area (Å²) in [5.74, 6) is 0.993. The molecule has 0 atom stereocenters. The number of benzene rings is 1.